The molecule has 3 unspecified atom stereocenters. The molecule has 0 radical (unpaired) electrons. The number of nitrogens with zero attached hydrogens (tertiary/aromatic N) is 1. The van der Waals surface area contributed by atoms with Crippen molar-refractivity contribution in [1.29, 1.82) is 0 Å². The van der Waals surface area contributed by atoms with Crippen LogP contribution in [0.5, 0.6) is 0 Å². The van der Waals surface area contributed by atoms with Crippen molar-refractivity contribution in [1.82, 2.24) is 10.2 Å². The quantitative estimate of drug-likeness (QED) is 0.841. The summed E-state index contributed by atoms with van der Waals surface area (Å²) in [6.07, 6.45) is -3.77. The van der Waals surface area contributed by atoms with Crippen LogP contribution < -0.4 is 5.32 Å². The van der Waals surface area contributed by atoms with Crippen molar-refractivity contribution >= 4 is 0 Å². The predicted molar refractivity (Wildman–Crippen MR) is 67.5 cm³/mol. The third-order valence-corrected chi connectivity index (χ3v) is 3.55. The Balaban J connectivity index is 2.56. The molecule has 1 saturated heterocycles. The molecule has 1 fully saturated rings. The number of piperazine rings is 1. The van der Waals surface area contributed by atoms with Gasteiger partial charge >= 0.3 is 6.18 Å². The van der Waals surface area contributed by atoms with Crippen LogP contribution in [0.1, 0.15) is 40.5 Å². The van der Waals surface area contributed by atoms with Gasteiger partial charge in [-0.25, -0.2) is 0 Å². The summed E-state index contributed by atoms with van der Waals surface area (Å²) in [6.45, 7) is 9.45. The highest BCUT2D eigenvalue weighted by Crippen LogP contribution is 2.26. The van der Waals surface area contributed by atoms with Crippen LogP contribution in [0.15, 0.2) is 0 Å². The lowest BCUT2D eigenvalue weighted by molar-refractivity contribution is -0.149. The molecule has 1 heterocycles. The van der Waals surface area contributed by atoms with Gasteiger partial charge in [0.1, 0.15) is 0 Å². The smallest absolute Gasteiger partial charge is 0.311 e. The zero-order chi connectivity index (χ0) is 13.9. The van der Waals surface area contributed by atoms with Gasteiger partial charge < -0.3 is 5.32 Å². The van der Waals surface area contributed by atoms with Crippen LogP contribution >= 0.6 is 0 Å². The summed E-state index contributed by atoms with van der Waals surface area (Å²) in [4.78, 5) is 2.00. The molecule has 1 aliphatic rings. The van der Waals surface area contributed by atoms with Gasteiger partial charge in [0.15, 0.2) is 0 Å². The second kappa shape index (κ2) is 6.24. The third kappa shape index (κ3) is 5.14. The van der Waals surface area contributed by atoms with Crippen molar-refractivity contribution in [2.45, 2.75) is 64.8 Å². The van der Waals surface area contributed by atoms with Crippen LogP contribution in [0.2, 0.25) is 0 Å². The number of hydrogen-bond donors (Lipinski definition) is 1. The Labute approximate surface area is 108 Å². The van der Waals surface area contributed by atoms with Crippen LogP contribution in [0, 0.1) is 5.92 Å². The minimum absolute atomic E-state index is 0.172. The van der Waals surface area contributed by atoms with E-state index >= 15 is 0 Å². The first-order valence-electron chi connectivity index (χ1n) is 6.75. The monoisotopic (exact) mass is 266 g/mol. The molecule has 18 heavy (non-hydrogen) atoms. The van der Waals surface area contributed by atoms with E-state index in [4.69, 9.17) is 0 Å². The van der Waals surface area contributed by atoms with Gasteiger partial charge in [0, 0.05) is 31.2 Å². The summed E-state index contributed by atoms with van der Waals surface area (Å²) in [5.41, 5.74) is 0. The normalized spacial score (nSPS) is 28.7. The third-order valence-electron chi connectivity index (χ3n) is 3.55. The van der Waals surface area contributed by atoms with E-state index in [0.29, 0.717) is 12.0 Å². The molecule has 1 N–H and O–H groups in total. The summed E-state index contributed by atoms with van der Waals surface area (Å²) >= 11 is 0. The number of nitrogens with one attached hydrogen (secondary N) is 1. The fourth-order valence-electron chi connectivity index (χ4n) is 2.75. The summed E-state index contributed by atoms with van der Waals surface area (Å²) in [7, 11) is 0. The number of hydrogen-bond acceptors (Lipinski definition) is 2. The predicted octanol–water partition coefficient (Wildman–Crippen LogP) is 3.04. The van der Waals surface area contributed by atoms with Crippen LogP contribution in [0.25, 0.3) is 0 Å². The van der Waals surface area contributed by atoms with E-state index < -0.39 is 18.6 Å². The average Bonchev–Trinajstić information content (AvgIpc) is 2.17. The van der Waals surface area contributed by atoms with Crippen LogP contribution in [0.3, 0.4) is 0 Å². The van der Waals surface area contributed by atoms with E-state index in [0.717, 1.165) is 19.5 Å². The van der Waals surface area contributed by atoms with Crippen molar-refractivity contribution in [3.8, 4) is 0 Å². The lowest BCUT2D eigenvalue weighted by Crippen LogP contribution is -2.58. The van der Waals surface area contributed by atoms with Gasteiger partial charge in [-0.05, 0) is 26.2 Å². The van der Waals surface area contributed by atoms with Crippen molar-refractivity contribution in [2.24, 2.45) is 5.92 Å². The molecule has 0 bridgehead atoms. The fourth-order valence-corrected chi connectivity index (χ4v) is 2.75. The topological polar surface area (TPSA) is 15.3 Å². The standard InChI is InChI=1S/C13H25F3N2/c1-9(2)5-12-8-18(11(4)7-17-12)10(3)6-13(14,15)16/h9-12,17H,5-8H2,1-4H3. The van der Waals surface area contributed by atoms with Gasteiger partial charge in [0.25, 0.3) is 0 Å². The summed E-state index contributed by atoms with van der Waals surface area (Å²) in [5.74, 6) is 0.565. The van der Waals surface area contributed by atoms with Crippen molar-refractivity contribution < 1.29 is 13.2 Å². The first kappa shape index (κ1) is 15.8. The Morgan fingerprint density at radius 3 is 2.39 bits per heavy atom. The van der Waals surface area contributed by atoms with Gasteiger partial charge in [-0.1, -0.05) is 13.8 Å². The highest BCUT2D eigenvalue weighted by atomic mass is 19.4. The van der Waals surface area contributed by atoms with Gasteiger partial charge in [-0.3, -0.25) is 4.90 Å². The maximum Gasteiger partial charge on any atom is 0.390 e. The molecule has 108 valence electrons. The van der Waals surface area contributed by atoms with E-state index in [1.807, 2.05) is 11.8 Å². The van der Waals surface area contributed by atoms with E-state index in [-0.39, 0.29) is 6.04 Å². The van der Waals surface area contributed by atoms with Crippen molar-refractivity contribution in [3.05, 3.63) is 0 Å². The van der Waals surface area contributed by atoms with Crippen LogP contribution in [-0.2, 0) is 0 Å². The molecule has 5 heteroatoms. The lowest BCUT2D eigenvalue weighted by Gasteiger charge is -2.43. The molecular formula is C13H25F3N2. The summed E-state index contributed by atoms with van der Waals surface area (Å²) < 4.78 is 37.4. The maximum atomic E-state index is 12.5. The summed E-state index contributed by atoms with van der Waals surface area (Å²) in [5, 5.41) is 3.42. The Morgan fingerprint density at radius 1 is 1.28 bits per heavy atom. The number of halogens is 3. The van der Waals surface area contributed by atoms with E-state index in [9.17, 15) is 13.2 Å². The van der Waals surface area contributed by atoms with Crippen LogP contribution in [0.4, 0.5) is 13.2 Å². The second-order valence-electron chi connectivity index (χ2n) is 5.95. The number of rotatable bonds is 4. The molecule has 1 aliphatic heterocycles. The average molecular weight is 266 g/mol. The van der Waals surface area contributed by atoms with Gasteiger partial charge in [0.05, 0.1) is 6.42 Å². The molecule has 0 aromatic heterocycles. The summed E-state index contributed by atoms with van der Waals surface area (Å²) in [6, 6.07) is 0.0550. The largest absolute Gasteiger partial charge is 0.390 e. The Bertz CT molecular complexity index is 253. The molecule has 0 spiro atoms. The fraction of sp³-hybridized carbons (Fsp3) is 1.00. The highest BCUT2D eigenvalue weighted by molar-refractivity contribution is 4.87. The van der Waals surface area contributed by atoms with Gasteiger partial charge in [-0.15, -0.1) is 0 Å². The molecule has 0 saturated carbocycles. The zero-order valence-electron chi connectivity index (χ0n) is 11.7. The molecule has 2 nitrogen and oxygen atoms in total. The first-order chi connectivity index (χ1) is 8.19. The number of alkyl halides is 3. The highest BCUT2D eigenvalue weighted by Gasteiger charge is 2.36. The molecule has 0 aromatic rings. The molecular weight excluding hydrogens is 241 g/mol. The first-order valence-corrected chi connectivity index (χ1v) is 6.75. The Hall–Kier alpha value is -0.290. The van der Waals surface area contributed by atoms with E-state index in [2.05, 4.69) is 19.2 Å². The zero-order valence-corrected chi connectivity index (χ0v) is 11.7. The lowest BCUT2D eigenvalue weighted by atomic mass is 9.98. The molecule has 1 rings (SSSR count). The molecule has 0 amide bonds. The molecule has 3 atom stereocenters. The minimum Gasteiger partial charge on any atom is -0.311 e. The van der Waals surface area contributed by atoms with E-state index in [1.54, 1.807) is 6.92 Å². The van der Waals surface area contributed by atoms with Gasteiger partial charge in [0.2, 0.25) is 0 Å². The Kier molecular flexibility index (Phi) is 5.46. The molecule has 0 aromatic carbocycles. The Morgan fingerprint density at radius 2 is 1.89 bits per heavy atom. The van der Waals surface area contributed by atoms with Gasteiger partial charge in [-0.2, -0.15) is 13.2 Å². The van der Waals surface area contributed by atoms with E-state index in [1.165, 1.54) is 0 Å². The maximum absolute atomic E-state index is 12.5. The molecule has 0 aliphatic carbocycles. The van der Waals surface area contributed by atoms with Crippen LogP contribution in [-0.4, -0.2) is 42.3 Å². The minimum atomic E-state index is -4.07. The van der Waals surface area contributed by atoms with Crippen molar-refractivity contribution in [2.75, 3.05) is 13.1 Å². The second-order valence-corrected chi connectivity index (χ2v) is 5.95. The van der Waals surface area contributed by atoms with Crippen molar-refractivity contribution in [3.63, 3.8) is 0 Å². The SMILES string of the molecule is CC(C)CC1CN(C(C)CC(F)(F)F)C(C)CN1.